The van der Waals surface area contributed by atoms with Crippen molar-refractivity contribution >= 4 is 12.1 Å². The Bertz CT molecular complexity index is 863. The second kappa shape index (κ2) is 7.30. The lowest BCUT2D eigenvalue weighted by atomic mass is 9.88. The quantitative estimate of drug-likeness (QED) is 0.852. The van der Waals surface area contributed by atoms with Gasteiger partial charge in [-0.15, -0.1) is 0 Å². The monoisotopic (exact) mass is 379 g/mol. The van der Waals surface area contributed by atoms with Gasteiger partial charge in [0.05, 0.1) is 0 Å². The Morgan fingerprint density at radius 2 is 1.57 bits per heavy atom. The Morgan fingerprint density at radius 3 is 2.14 bits per heavy atom. The number of hydrogen-bond acceptors (Lipinski definition) is 3. The molecule has 0 radical (unpaired) electrons. The summed E-state index contributed by atoms with van der Waals surface area (Å²) in [5.41, 5.74) is 4.63. The van der Waals surface area contributed by atoms with E-state index in [4.69, 9.17) is 4.74 Å². The second-order valence-electron chi connectivity index (χ2n) is 7.99. The van der Waals surface area contributed by atoms with Crippen molar-refractivity contribution in [2.45, 2.75) is 44.7 Å². The number of carboxylic acid groups (broad SMARTS) is 1. The summed E-state index contributed by atoms with van der Waals surface area (Å²) in [5.74, 6) is -0.723. The Morgan fingerprint density at radius 1 is 1.00 bits per heavy atom. The largest absolute Gasteiger partial charge is 0.480 e. The van der Waals surface area contributed by atoms with Gasteiger partial charge >= 0.3 is 12.1 Å². The zero-order valence-corrected chi connectivity index (χ0v) is 16.2. The van der Waals surface area contributed by atoms with Gasteiger partial charge in [0.25, 0.3) is 0 Å². The van der Waals surface area contributed by atoms with E-state index in [1.54, 1.807) is 0 Å². The first-order chi connectivity index (χ1) is 13.5. The smallest absolute Gasteiger partial charge is 0.410 e. The number of carboxylic acids is 1. The molecule has 4 rings (SSSR count). The van der Waals surface area contributed by atoms with Gasteiger partial charge in [-0.2, -0.15) is 0 Å². The van der Waals surface area contributed by atoms with E-state index in [0.717, 1.165) is 17.5 Å². The second-order valence-corrected chi connectivity index (χ2v) is 7.99. The fraction of sp³-hybridized carbons (Fsp3) is 0.391. The molecule has 146 valence electrons. The minimum atomic E-state index is -0.966. The van der Waals surface area contributed by atoms with Gasteiger partial charge < -0.3 is 9.84 Å². The van der Waals surface area contributed by atoms with Crippen LogP contribution in [0, 0.1) is 5.92 Å². The van der Waals surface area contributed by atoms with Gasteiger partial charge in [-0.1, -0.05) is 55.5 Å². The Hall–Kier alpha value is -2.82. The summed E-state index contributed by atoms with van der Waals surface area (Å²) in [5, 5.41) is 9.58. The molecule has 5 nitrogen and oxygen atoms in total. The number of hydrogen-bond donors (Lipinski definition) is 1. The molecule has 0 saturated carbocycles. The molecule has 0 aromatic heterocycles. The zero-order valence-electron chi connectivity index (χ0n) is 16.2. The lowest BCUT2D eigenvalue weighted by Gasteiger charge is -2.40. The molecule has 1 N–H and O–H groups in total. The van der Waals surface area contributed by atoms with Crippen molar-refractivity contribution in [1.29, 1.82) is 0 Å². The summed E-state index contributed by atoms with van der Waals surface area (Å²) in [7, 11) is 0. The topological polar surface area (TPSA) is 66.8 Å². The van der Waals surface area contributed by atoms with E-state index in [0.29, 0.717) is 6.42 Å². The highest BCUT2D eigenvalue weighted by Gasteiger charge is 2.40. The van der Waals surface area contributed by atoms with Gasteiger partial charge in [0, 0.05) is 12.0 Å². The number of benzene rings is 2. The minimum absolute atomic E-state index is 0.0290. The molecule has 1 amide bonds. The van der Waals surface area contributed by atoms with Crippen LogP contribution in [-0.2, 0) is 9.53 Å². The molecule has 2 aromatic carbocycles. The van der Waals surface area contributed by atoms with Gasteiger partial charge in [0.1, 0.15) is 12.6 Å². The number of aliphatic carboxylic acids is 1. The number of ether oxygens (including phenoxy) is 1. The van der Waals surface area contributed by atoms with Crippen molar-refractivity contribution in [3.05, 3.63) is 59.7 Å². The van der Waals surface area contributed by atoms with Crippen LogP contribution >= 0.6 is 0 Å². The maximum atomic E-state index is 12.9. The molecular formula is C23H25NO4. The predicted octanol–water partition coefficient (Wildman–Crippen LogP) is 4.51. The summed E-state index contributed by atoms with van der Waals surface area (Å²) in [4.78, 5) is 26.0. The molecule has 1 aliphatic carbocycles. The summed E-state index contributed by atoms with van der Waals surface area (Å²) < 4.78 is 5.69. The van der Waals surface area contributed by atoms with Crippen molar-refractivity contribution in [1.82, 2.24) is 4.90 Å². The van der Waals surface area contributed by atoms with Gasteiger partial charge in [0.2, 0.25) is 0 Å². The SMILES string of the molecule is C[C@@H]1C[C@H](C)N(C(=O)OCC2c3ccccc3-c3ccccc32)[C@H](C(=O)O)C1. The van der Waals surface area contributed by atoms with Crippen LogP contribution in [0.15, 0.2) is 48.5 Å². The van der Waals surface area contributed by atoms with E-state index >= 15 is 0 Å². The highest BCUT2D eigenvalue weighted by Crippen LogP contribution is 2.44. The first-order valence-corrected chi connectivity index (χ1v) is 9.83. The van der Waals surface area contributed by atoms with E-state index in [9.17, 15) is 14.7 Å². The van der Waals surface area contributed by atoms with Gasteiger partial charge in [-0.05, 0) is 47.9 Å². The van der Waals surface area contributed by atoms with E-state index in [1.807, 2.05) is 38.1 Å². The third-order valence-corrected chi connectivity index (χ3v) is 6.01. The number of amides is 1. The normalized spacial score (nSPS) is 23.8. The maximum absolute atomic E-state index is 12.9. The van der Waals surface area contributed by atoms with Crippen LogP contribution in [0.3, 0.4) is 0 Å². The van der Waals surface area contributed by atoms with E-state index in [1.165, 1.54) is 16.0 Å². The number of carbonyl (C=O) groups is 2. The maximum Gasteiger partial charge on any atom is 0.410 e. The highest BCUT2D eigenvalue weighted by molar-refractivity contribution is 5.81. The summed E-state index contributed by atoms with van der Waals surface area (Å²) in [6, 6.07) is 15.3. The number of likely N-dealkylation sites (tertiary alicyclic amines) is 1. The number of piperidine rings is 1. The lowest BCUT2D eigenvalue weighted by Crippen LogP contribution is -2.54. The van der Waals surface area contributed by atoms with Crippen molar-refractivity contribution < 1.29 is 19.4 Å². The van der Waals surface area contributed by atoms with E-state index < -0.39 is 18.1 Å². The average molecular weight is 379 g/mol. The van der Waals surface area contributed by atoms with Gasteiger partial charge in [-0.25, -0.2) is 9.59 Å². The third kappa shape index (κ3) is 3.15. The zero-order chi connectivity index (χ0) is 19.8. The first kappa shape index (κ1) is 18.5. The van der Waals surface area contributed by atoms with Gasteiger partial charge in [-0.3, -0.25) is 4.90 Å². The molecule has 2 aliphatic rings. The average Bonchev–Trinajstić information content (AvgIpc) is 2.99. The molecule has 1 heterocycles. The number of fused-ring (bicyclic) bond motifs is 3. The van der Waals surface area contributed by atoms with Crippen LogP contribution in [-0.4, -0.2) is 40.8 Å². The Kier molecular flexibility index (Phi) is 4.84. The number of rotatable bonds is 3. The van der Waals surface area contributed by atoms with E-state index in [2.05, 4.69) is 24.3 Å². The van der Waals surface area contributed by atoms with Crippen LogP contribution in [0.5, 0.6) is 0 Å². The standard InChI is InChI=1S/C23H25NO4/c1-14-11-15(2)24(21(12-14)22(25)26)23(27)28-13-20-18-9-5-3-7-16(18)17-8-4-6-10-19(17)20/h3-10,14-15,20-21H,11-13H2,1-2H3,(H,25,26)/t14-,15+,21+/m1/s1. The summed E-state index contributed by atoms with van der Waals surface area (Å²) in [6.45, 7) is 4.13. The van der Waals surface area contributed by atoms with Crippen molar-refractivity contribution in [2.24, 2.45) is 5.92 Å². The number of nitrogens with zero attached hydrogens (tertiary/aromatic N) is 1. The van der Waals surface area contributed by atoms with Crippen LogP contribution < -0.4 is 0 Å². The number of carbonyl (C=O) groups excluding carboxylic acids is 1. The minimum Gasteiger partial charge on any atom is -0.480 e. The molecule has 1 saturated heterocycles. The molecule has 3 atom stereocenters. The third-order valence-electron chi connectivity index (χ3n) is 6.01. The van der Waals surface area contributed by atoms with Crippen LogP contribution in [0.4, 0.5) is 4.79 Å². The molecule has 1 aliphatic heterocycles. The molecule has 0 unspecified atom stereocenters. The molecule has 5 heteroatoms. The van der Waals surface area contributed by atoms with E-state index in [-0.39, 0.29) is 24.5 Å². The summed E-state index contributed by atoms with van der Waals surface area (Å²) >= 11 is 0. The Balaban J connectivity index is 1.54. The van der Waals surface area contributed by atoms with Gasteiger partial charge in [0.15, 0.2) is 0 Å². The van der Waals surface area contributed by atoms with Crippen LogP contribution in [0.1, 0.15) is 43.7 Å². The molecule has 28 heavy (non-hydrogen) atoms. The van der Waals surface area contributed by atoms with Crippen molar-refractivity contribution in [3.63, 3.8) is 0 Å². The predicted molar refractivity (Wildman–Crippen MR) is 106 cm³/mol. The molecule has 0 bridgehead atoms. The fourth-order valence-corrected chi connectivity index (χ4v) is 4.79. The highest BCUT2D eigenvalue weighted by atomic mass is 16.6. The molecular weight excluding hydrogens is 354 g/mol. The lowest BCUT2D eigenvalue weighted by molar-refractivity contribution is -0.145. The van der Waals surface area contributed by atoms with Crippen LogP contribution in [0.2, 0.25) is 0 Å². The van der Waals surface area contributed by atoms with Crippen molar-refractivity contribution in [3.8, 4) is 11.1 Å². The molecule has 0 spiro atoms. The van der Waals surface area contributed by atoms with Crippen molar-refractivity contribution in [2.75, 3.05) is 6.61 Å². The molecule has 2 aromatic rings. The summed E-state index contributed by atoms with van der Waals surface area (Å²) in [6.07, 6.45) is 0.714. The Labute approximate surface area is 164 Å². The molecule has 1 fully saturated rings. The first-order valence-electron chi connectivity index (χ1n) is 9.83. The fourth-order valence-electron chi connectivity index (χ4n) is 4.79. The van der Waals surface area contributed by atoms with Crippen LogP contribution in [0.25, 0.3) is 11.1 Å².